The summed E-state index contributed by atoms with van der Waals surface area (Å²) >= 11 is 0. The average molecular weight is 409 g/mol. The molecule has 2 aliphatic rings. The Labute approximate surface area is 176 Å². The second-order valence-corrected chi connectivity index (χ2v) is 8.44. The predicted octanol–water partition coefficient (Wildman–Crippen LogP) is 2.87. The van der Waals surface area contributed by atoms with Gasteiger partial charge < -0.3 is 15.0 Å². The largest absolute Gasteiger partial charge is 0.493 e. The molecule has 158 valence electrons. The Hall–Kier alpha value is -2.96. The molecule has 2 aliphatic heterocycles. The highest BCUT2D eigenvalue weighted by atomic mass is 16.5. The summed E-state index contributed by atoms with van der Waals surface area (Å²) in [6, 6.07) is 6.03. The highest BCUT2D eigenvalue weighted by Gasteiger charge is 2.36. The van der Waals surface area contributed by atoms with E-state index in [4.69, 9.17) is 4.74 Å². The van der Waals surface area contributed by atoms with Gasteiger partial charge in [0, 0.05) is 31.4 Å². The number of nitrogens with zero attached hydrogens (tertiary/aromatic N) is 3. The monoisotopic (exact) mass is 408 g/mol. The van der Waals surface area contributed by atoms with Crippen LogP contribution in [-0.2, 0) is 11.2 Å². The fraction of sp³-hybridized carbons (Fsp3) is 0.478. The molecule has 30 heavy (non-hydrogen) atoms. The highest BCUT2D eigenvalue weighted by Crippen LogP contribution is 2.28. The number of fused-ring (bicyclic) bond motifs is 1. The molecule has 0 bridgehead atoms. The zero-order valence-electron chi connectivity index (χ0n) is 17.7. The molecule has 7 heteroatoms. The number of benzene rings is 1. The van der Waals surface area contributed by atoms with E-state index >= 15 is 0 Å². The van der Waals surface area contributed by atoms with Crippen molar-refractivity contribution in [3.63, 3.8) is 0 Å². The number of carbonyl (C=O) groups excluding carboxylic acids is 2. The van der Waals surface area contributed by atoms with Crippen LogP contribution in [0, 0.1) is 5.92 Å². The van der Waals surface area contributed by atoms with Crippen molar-refractivity contribution in [2.24, 2.45) is 5.92 Å². The molecule has 7 nitrogen and oxygen atoms in total. The number of amides is 2. The first-order valence-electron chi connectivity index (χ1n) is 10.6. The van der Waals surface area contributed by atoms with Crippen LogP contribution in [0.15, 0.2) is 30.6 Å². The minimum absolute atomic E-state index is 0.0214. The Kier molecular flexibility index (Phi) is 5.70. The molecule has 2 amide bonds. The Balaban J connectivity index is 1.30. The summed E-state index contributed by atoms with van der Waals surface area (Å²) in [6.45, 7) is 7.60. The summed E-state index contributed by atoms with van der Waals surface area (Å²) in [4.78, 5) is 35.3. The summed E-state index contributed by atoms with van der Waals surface area (Å²) < 4.78 is 5.66. The van der Waals surface area contributed by atoms with E-state index in [2.05, 4.69) is 21.4 Å². The standard InChI is InChI=1S/C23H28N4O3/c1-14(2)21-24-10-18(11-25-21)23(29)27-12-19(13-27)22(28)26-15(3)16-6-7-20-17(9-16)5-4-8-30-20/h6-7,9-11,14-15,19H,4-5,8,12-13H2,1-3H3,(H,26,28). The molecule has 0 spiro atoms. The van der Waals surface area contributed by atoms with Crippen molar-refractivity contribution in [1.29, 1.82) is 0 Å². The SMILES string of the molecule is CC(C)c1ncc(C(=O)N2CC(C(=O)NC(C)c3ccc4c(c3)CCCO4)C2)cn1. The third-order valence-corrected chi connectivity index (χ3v) is 5.77. The van der Waals surface area contributed by atoms with Crippen molar-refractivity contribution in [1.82, 2.24) is 20.2 Å². The van der Waals surface area contributed by atoms with Gasteiger partial charge in [0.15, 0.2) is 0 Å². The van der Waals surface area contributed by atoms with Crippen molar-refractivity contribution < 1.29 is 14.3 Å². The molecule has 1 N–H and O–H groups in total. The zero-order chi connectivity index (χ0) is 21.3. The lowest BCUT2D eigenvalue weighted by Gasteiger charge is -2.38. The summed E-state index contributed by atoms with van der Waals surface area (Å²) in [5.74, 6) is 1.55. The van der Waals surface area contributed by atoms with Crippen LogP contribution in [0.5, 0.6) is 5.75 Å². The topological polar surface area (TPSA) is 84.4 Å². The molecule has 3 heterocycles. The number of hydrogen-bond donors (Lipinski definition) is 1. The van der Waals surface area contributed by atoms with E-state index in [-0.39, 0.29) is 29.7 Å². The van der Waals surface area contributed by atoms with Crippen LogP contribution in [0.25, 0.3) is 0 Å². The summed E-state index contributed by atoms with van der Waals surface area (Å²) in [5, 5.41) is 3.08. The second-order valence-electron chi connectivity index (χ2n) is 8.44. The van der Waals surface area contributed by atoms with Crippen LogP contribution >= 0.6 is 0 Å². The number of aryl methyl sites for hydroxylation is 1. The Morgan fingerprint density at radius 3 is 2.60 bits per heavy atom. The fourth-order valence-corrected chi connectivity index (χ4v) is 3.80. The molecule has 0 aliphatic carbocycles. The van der Waals surface area contributed by atoms with Crippen LogP contribution in [0.1, 0.15) is 66.5 Å². The predicted molar refractivity (Wildman–Crippen MR) is 112 cm³/mol. The second kappa shape index (κ2) is 8.42. The van der Waals surface area contributed by atoms with Crippen LogP contribution < -0.4 is 10.1 Å². The number of rotatable bonds is 5. The van der Waals surface area contributed by atoms with Crippen molar-refractivity contribution in [2.45, 2.75) is 45.6 Å². The minimum Gasteiger partial charge on any atom is -0.493 e. The van der Waals surface area contributed by atoms with Gasteiger partial charge in [-0.15, -0.1) is 0 Å². The van der Waals surface area contributed by atoms with Gasteiger partial charge in [0.25, 0.3) is 5.91 Å². The number of likely N-dealkylation sites (tertiary alicyclic amines) is 1. The molecule has 1 aromatic carbocycles. The van der Waals surface area contributed by atoms with Crippen LogP contribution in [0.4, 0.5) is 0 Å². The van der Waals surface area contributed by atoms with E-state index in [1.807, 2.05) is 32.9 Å². The number of nitrogens with one attached hydrogen (secondary N) is 1. The summed E-state index contributed by atoms with van der Waals surface area (Å²) in [7, 11) is 0. The minimum atomic E-state index is -0.187. The number of ether oxygens (including phenoxy) is 1. The van der Waals surface area contributed by atoms with Gasteiger partial charge in [-0.05, 0) is 37.0 Å². The van der Waals surface area contributed by atoms with E-state index in [9.17, 15) is 9.59 Å². The third kappa shape index (κ3) is 4.15. The Morgan fingerprint density at radius 2 is 1.90 bits per heavy atom. The van der Waals surface area contributed by atoms with Gasteiger partial charge in [-0.2, -0.15) is 0 Å². The van der Waals surface area contributed by atoms with Crippen molar-refractivity contribution in [3.8, 4) is 5.75 Å². The van der Waals surface area contributed by atoms with Crippen LogP contribution in [0.3, 0.4) is 0 Å². The molecule has 1 saturated heterocycles. The maximum atomic E-state index is 12.6. The number of aromatic nitrogens is 2. The number of hydrogen-bond acceptors (Lipinski definition) is 5. The third-order valence-electron chi connectivity index (χ3n) is 5.77. The van der Waals surface area contributed by atoms with E-state index in [1.54, 1.807) is 17.3 Å². The average Bonchev–Trinajstić information content (AvgIpc) is 2.72. The molecule has 0 radical (unpaired) electrons. The van der Waals surface area contributed by atoms with Gasteiger partial charge in [-0.25, -0.2) is 9.97 Å². The van der Waals surface area contributed by atoms with E-state index in [0.717, 1.165) is 36.6 Å². The lowest BCUT2D eigenvalue weighted by atomic mass is 9.96. The molecular weight excluding hydrogens is 380 g/mol. The van der Waals surface area contributed by atoms with Crippen LogP contribution in [-0.4, -0.2) is 46.4 Å². The zero-order valence-corrected chi connectivity index (χ0v) is 17.7. The number of carbonyl (C=O) groups is 2. The van der Waals surface area contributed by atoms with Crippen molar-refractivity contribution in [3.05, 3.63) is 53.1 Å². The van der Waals surface area contributed by atoms with Gasteiger partial charge in [0.05, 0.1) is 24.1 Å². The molecule has 4 rings (SSSR count). The molecule has 2 aromatic rings. The molecule has 1 unspecified atom stereocenters. The fourth-order valence-electron chi connectivity index (χ4n) is 3.80. The van der Waals surface area contributed by atoms with Gasteiger partial charge in [0.1, 0.15) is 11.6 Å². The van der Waals surface area contributed by atoms with E-state index < -0.39 is 0 Å². The Morgan fingerprint density at radius 1 is 1.17 bits per heavy atom. The maximum absolute atomic E-state index is 12.6. The Bertz CT molecular complexity index is 936. The van der Waals surface area contributed by atoms with E-state index in [1.165, 1.54) is 5.56 Å². The lowest BCUT2D eigenvalue weighted by Crippen LogP contribution is -2.56. The molecule has 1 atom stereocenters. The molecule has 1 aromatic heterocycles. The van der Waals surface area contributed by atoms with Crippen molar-refractivity contribution in [2.75, 3.05) is 19.7 Å². The quantitative estimate of drug-likeness (QED) is 0.822. The summed E-state index contributed by atoms with van der Waals surface area (Å²) in [5.41, 5.74) is 2.73. The lowest BCUT2D eigenvalue weighted by molar-refractivity contribution is -0.129. The van der Waals surface area contributed by atoms with Crippen molar-refractivity contribution >= 4 is 11.8 Å². The molecular formula is C23H28N4O3. The first-order chi connectivity index (χ1) is 14.4. The van der Waals surface area contributed by atoms with Gasteiger partial charge >= 0.3 is 0 Å². The van der Waals surface area contributed by atoms with E-state index in [0.29, 0.717) is 18.7 Å². The van der Waals surface area contributed by atoms with Gasteiger partial charge in [-0.3, -0.25) is 9.59 Å². The summed E-state index contributed by atoms with van der Waals surface area (Å²) in [6.07, 6.45) is 5.17. The van der Waals surface area contributed by atoms with Gasteiger partial charge in [0.2, 0.25) is 5.91 Å². The highest BCUT2D eigenvalue weighted by molar-refractivity contribution is 5.95. The van der Waals surface area contributed by atoms with Crippen LogP contribution in [0.2, 0.25) is 0 Å². The van der Waals surface area contributed by atoms with Gasteiger partial charge in [-0.1, -0.05) is 26.0 Å². The first-order valence-corrected chi connectivity index (χ1v) is 10.6. The normalized spacial score (nSPS) is 17.0. The first kappa shape index (κ1) is 20.3. The molecule has 1 fully saturated rings. The molecule has 0 saturated carbocycles. The maximum Gasteiger partial charge on any atom is 0.257 e. The smallest absolute Gasteiger partial charge is 0.257 e.